The molecule has 0 aliphatic rings. The molecule has 12 N–H and O–H groups in total. The Morgan fingerprint density at radius 1 is 0.469 bits per heavy atom. The summed E-state index contributed by atoms with van der Waals surface area (Å²) in [6, 6.07) is 22.7. The van der Waals surface area contributed by atoms with Crippen LogP contribution in [0.4, 0.5) is 44.0 Å². The van der Waals surface area contributed by atoms with Crippen molar-refractivity contribution in [2.24, 2.45) is 11.5 Å². The number of nitrogens with one attached hydrogen (secondary N) is 8. The van der Waals surface area contributed by atoms with Gasteiger partial charge < -0.3 is 72.3 Å². The minimum Gasteiger partial charge on any atom is -0.497 e. The standard InChI is InChI=1S/2C22H23N5O5/c2*1-12(28)25-21-19(20(23)29)16(11-24-21)13-4-6-14(7-5-13)26-22(30)27-17-10-15(31-2)8-9-18(17)32-3/h2*4-11,24H,1-3H3,(H2,23,29)(H,25,28)(H2,26,27,30). The van der Waals surface area contributed by atoms with Crippen molar-refractivity contribution < 1.29 is 47.7 Å². The molecule has 0 saturated carbocycles. The van der Waals surface area contributed by atoms with Gasteiger partial charge in [-0.2, -0.15) is 0 Å². The summed E-state index contributed by atoms with van der Waals surface area (Å²) in [7, 11) is 6.06. The van der Waals surface area contributed by atoms with Gasteiger partial charge in [0, 0.05) is 60.9 Å². The summed E-state index contributed by atoms with van der Waals surface area (Å²) in [5, 5.41) is 16.0. The maximum atomic E-state index is 12.4. The number of amides is 8. The van der Waals surface area contributed by atoms with E-state index in [0.717, 1.165) is 0 Å². The number of nitrogens with two attached hydrogens (primary N) is 2. The lowest BCUT2D eigenvalue weighted by Crippen LogP contribution is -2.19. The number of urea groups is 2. The molecular formula is C44H46N10O10. The van der Waals surface area contributed by atoms with Crippen molar-refractivity contribution in [2.75, 3.05) is 60.3 Å². The molecule has 6 rings (SSSR count). The molecule has 6 aromatic rings. The Labute approximate surface area is 366 Å². The molecule has 8 amide bonds. The third-order valence-electron chi connectivity index (χ3n) is 9.07. The average Bonchev–Trinajstić information content (AvgIpc) is 3.88. The van der Waals surface area contributed by atoms with E-state index >= 15 is 0 Å². The molecular weight excluding hydrogens is 829 g/mol. The minimum absolute atomic E-state index is 0.170. The summed E-state index contributed by atoms with van der Waals surface area (Å²) in [5.74, 6) is 0.538. The maximum absolute atomic E-state index is 12.4. The summed E-state index contributed by atoms with van der Waals surface area (Å²) in [6.45, 7) is 2.66. The lowest BCUT2D eigenvalue weighted by molar-refractivity contribution is -0.115. The number of anilines is 6. The second kappa shape index (κ2) is 21.0. The summed E-state index contributed by atoms with van der Waals surface area (Å²) in [6.07, 6.45) is 3.16. The first kappa shape index (κ1) is 46.1. The van der Waals surface area contributed by atoms with Gasteiger partial charge >= 0.3 is 12.1 Å². The molecule has 0 radical (unpaired) electrons. The van der Waals surface area contributed by atoms with Crippen LogP contribution in [0, 0.1) is 0 Å². The third kappa shape index (κ3) is 11.7. The largest absolute Gasteiger partial charge is 0.497 e. The molecule has 0 spiro atoms. The summed E-state index contributed by atoms with van der Waals surface area (Å²) in [4.78, 5) is 77.1. The fourth-order valence-electron chi connectivity index (χ4n) is 6.22. The van der Waals surface area contributed by atoms with Gasteiger partial charge in [0.1, 0.15) is 34.6 Å². The van der Waals surface area contributed by atoms with Gasteiger partial charge in [-0.05, 0) is 59.7 Å². The fourth-order valence-corrected chi connectivity index (χ4v) is 6.22. The molecule has 332 valence electrons. The predicted octanol–water partition coefficient (Wildman–Crippen LogP) is 6.80. The van der Waals surface area contributed by atoms with Crippen LogP contribution in [0.1, 0.15) is 34.6 Å². The Balaban J connectivity index is 0.000000241. The van der Waals surface area contributed by atoms with Gasteiger partial charge in [-0.1, -0.05) is 24.3 Å². The predicted molar refractivity (Wildman–Crippen MR) is 242 cm³/mol. The van der Waals surface area contributed by atoms with Gasteiger partial charge in [0.25, 0.3) is 11.8 Å². The maximum Gasteiger partial charge on any atom is 0.323 e. The topological polar surface area (TPSA) is 295 Å². The first-order chi connectivity index (χ1) is 30.6. The summed E-state index contributed by atoms with van der Waals surface area (Å²) >= 11 is 0. The molecule has 0 aliphatic heterocycles. The number of primary amides is 2. The number of aromatic amines is 2. The van der Waals surface area contributed by atoms with Gasteiger partial charge in [-0.15, -0.1) is 0 Å². The molecule has 0 fully saturated rings. The van der Waals surface area contributed by atoms with E-state index in [4.69, 9.17) is 30.4 Å². The highest BCUT2D eigenvalue weighted by Crippen LogP contribution is 2.33. The molecule has 20 heteroatoms. The molecule has 4 aromatic carbocycles. The number of benzene rings is 4. The second-order valence-electron chi connectivity index (χ2n) is 13.4. The van der Waals surface area contributed by atoms with E-state index in [-0.39, 0.29) is 34.6 Å². The number of hydrogen-bond donors (Lipinski definition) is 10. The van der Waals surface area contributed by atoms with E-state index in [1.54, 1.807) is 97.3 Å². The van der Waals surface area contributed by atoms with E-state index < -0.39 is 23.9 Å². The first-order valence-electron chi connectivity index (χ1n) is 19.0. The minimum atomic E-state index is -0.682. The van der Waals surface area contributed by atoms with Gasteiger partial charge in [-0.25, -0.2) is 9.59 Å². The van der Waals surface area contributed by atoms with Crippen molar-refractivity contribution in [1.29, 1.82) is 0 Å². The Morgan fingerprint density at radius 3 is 1.12 bits per heavy atom. The van der Waals surface area contributed by atoms with E-state index in [2.05, 4.69) is 41.9 Å². The molecule has 0 bridgehead atoms. The number of methoxy groups -OCH3 is 4. The number of hydrogen-bond acceptors (Lipinski definition) is 10. The smallest absolute Gasteiger partial charge is 0.323 e. The molecule has 20 nitrogen and oxygen atoms in total. The van der Waals surface area contributed by atoms with Gasteiger partial charge in [0.05, 0.1) is 50.9 Å². The van der Waals surface area contributed by atoms with Crippen molar-refractivity contribution in [1.82, 2.24) is 9.97 Å². The zero-order valence-corrected chi connectivity index (χ0v) is 35.5. The lowest BCUT2D eigenvalue weighted by atomic mass is 10.0. The number of ether oxygens (including phenoxy) is 4. The van der Waals surface area contributed by atoms with Gasteiger partial charge in [0.2, 0.25) is 11.8 Å². The van der Waals surface area contributed by atoms with Crippen LogP contribution in [0.2, 0.25) is 0 Å². The lowest BCUT2D eigenvalue weighted by Gasteiger charge is -2.13. The molecule has 0 atom stereocenters. The number of carbonyl (C=O) groups is 6. The molecule has 0 aliphatic carbocycles. The normalized spacial score (nSPS) is 10.2. The molecule has 0 unspecified atom stereocenters. The number of carbonyl (C=O) groups excluding carboxylic acids is 6. The Hall–Kier alpha value is -8.94. The zero-order chi connectivity index (χ0) is 46.5. The van der Waals surface area contributed by atoms with Crippen molar-refractivity contribution in [3.63, 3.8) is 0 Å². The number of H-pyrrole nitrogens is 2. The van der Waals surface area contributed by atoms with Crippen LogP contribution in [0.15, 0.2) is 97.3 Å². The van der Waals surface area contributed by atoms with Crippen molar-refractivity contribution >= 4 is 70.1 Å². The zero-order valence-electron chi connectivity index (χ0n) is 35.5. The van der Waals surface area contributed by atoms with E-state index in [1.165, 1.54) is 42.3 Å². The highest BCUT2D eigenvalue weighted by Gasteiger charge is 2.20. The number of rotatable bonds is 14. The summed E-state index contributed by atoms with van der Waals surface area (Å²) in [5.41, 5.74) is 15.7. The molecule has 0 saturated heterocycles. The highest BCUT2D eigenvalue weighted by molar-refractivity contribution is 6.09. The second-order valence-corrected chi connectivity index (χ2v) is 13.4. The number of aromatic nitrogens is 2. The Morgan fingerprint density at radius 2 is 0.828 bits per heavy atom. The van der Waals surface area contributed by atoms with Crippen molar-refractivity contribution in [3.8, 4) is 45.3 Å². The quantitative estimate of drug-likeness (QED) is 0.0546. The van der Waals surface area contributed by atoms with Crippen molar-refractivity contribution in [3.05, 3.63) is 108 Å². The molecule has 2 aromatic heterocycles. The van der Waals surface area contributed by atoms with Crippen LogP contribution in [0.3, 0.4) is 0 Å². The average molecular weight is 875 g/mol. The SMILES string of the molecule is COc1ccc(OC)c(NC(=O)Nc2ccc(-c3c[nH]c(NC(C)=O)c3C(N)=O)cc2)c1.COc1ccc(OC)c(NC(=O)Nc2ccc(-c3c[nH]c(NC(C)=O)c3C(N)=O)cc2)c1. The molecule has 2 heterocycles. The van der Waals surface area contributed by atoms with Crippen LogP contribution in [0.5, 0.6) is 23.0 Å². The van der Waals surface area contributed by atoms with E-state index in [1.807, 2.05) is 0 Å². The van der Waals surface area contributed by atoms with Crippen LogP contribution < -0.4 is 62.3 Å². The molecule has 64 heavy (non-hydrogen) atoms. The Kier molecular flexibility index (Phi) is 15.2. The Bertz CT molecular complexity index is 2490. The first-order valence-corrected chi connectivity index (χ1v) is 19.0. The summed E-state index contributed by atoms with van der Waals surface area (Å²) < 4.78 is 20.8. The third-order valence-corrected chi connectivity index (χ3v) is 9.07. The van der Waals surface area contributed by atoms with Gasteiger partial charge in [-0.3, -0.25) is 19.2 Å². The van der Waals surface area contributed by atoms with Crippen LogP contribution in [-0.2, 0) is 9.59 Å². The van der Waals surface area contributed by atoms with Crippen LogP contribution in [-0.4, -0.2) is 74.1 Å². The van der Waals surface area contributed by atoms with E-state index in [9.17, 15) is 28.8 Å². The van der Waals surface area contributed by atoms with Crippen molar-refractivity contribution in [2.45, 2.75) is 13.8 Å². The fraction of sp³-hybridized carbons (Fsp3) is 0.136. The van der Waals surface area contributed by atoms with E-state index in [0.29, 0.717) is 68.0 Å². The van der Waals surface area contributed by atoms with Crippen LogP contribution in [0.25, 0.3) is 22.3 Å². The highest BCUT2D eigenvalue weighted by atomic mass is 16.5. The van der Waals surface area contributed by atoms with Crippen LogP contribution >= 0.6 is 0 Å². The monoisotopic (exact) mass is 874 g/mol. The van der Waals surface area contributed by atoms with Gasteiger partial charge in [0.15, 0.2) is 0 Å².